The highest BCUT2D eigenvalue weighted by Gasteiger charge is 2.24. The Kier molecular flexibility index (Phi) is 5.44. The van der Waals surface area contributed by atoms with Gasteiger partial charge < -0.3 is 0 Å². The summed E-state index contributed by atoms with van der Waals surface area (Å²) in [5.74, 6) is 1.05. The first-order chi connectivity index (χ1) is 13.9. The normalized spacial score (nSPS) is 13.4. The number of halogens is 2. The predicted molar refractivity (Wildman–Crippen MR) is 113 cm³/mol. The van der Waals surface area contributed by atoms with Crippen LogP contribution in [0.1, 0.15) is 29.7 Å². The van der Waals surface area contributed by atoms with Crippen LogP contribution in [-0.4, -0.2) is 34.6 Å². The molecule has 4 rings (SSSR count). The van der Waals surface area contributed by atoms with Crippen LogP contribution in [-0.2, 0) is 23.1 Å². The lowest BCUT2D eigenvalue weighted by Crippen LogP contribution is -2.26. The minimum Gasteiger partial charge on any atom is -0.280 e. The molecule has 3 aromatic rings. The number of hydrogen-bond donors (Lipinski definition) is 1. The predicted octanol–water partition coefficient (Wildman–Crippen LogP) is 3.36. The number of nitrogens with zero attached hydrogens (tertiary/aromatic N) is 4. The van der Waals surface area contributed by atoms with E-state index in [1.807, 2.05) is 34.9 Å². The van der Waals surface area contributed by atoms with Crippen LogP contribution in [0, 0.1) is 0 Å². The Labute approximate surface area is 178 Å². The molecule has 0 aliphatic carbocycles. The minimum absolute atomic E-state index is 0.0139. The molecular weight excluding hydrogens is 433 g/mol. The molecule has 2 aromatic carbocycles. The molecule has 1 aliphatic rings. The number of rotatable bonds is 5. The fraction of sp³-hybridized carbons (Fsp3) is 0.211. The first kappa shape index (κ1) is 20.0. The summed E-state index contributed by atoms with van der Waals surface area (Å²) in [7, 11) is -3.37. The summed E-state index contributed by atoms with van der Waals surface area (Å²) >= 11 is 12.7. The van der Waals surface area contributed by atoms with Gasteiger partial charge in [-0.25, -0.2) is 13.1 Å². The largest absolute Gasteiger partial charge is 0.280 e. The van der Waals surface area contributed by atoms with E-state index in [0.717, 1.165) is 16.8 Å². The zero-order chi connectivity index (χ0) is 20.6. The van der Waals surface area contributed by atoms with E-state index < -0.39 is 10.0 Å². The van der Waals surface area contributed by atoms with Crippen molar-refractivity contribution in [2.75, 3.05) is 5.75 Å². The maximum atomic E-state index is 11.9. The summed E-state index contributed by atoms with van der Waals surface area (Å²) in [6.07, 6.45) is 0. The van der Waals surface area contributed by atoms with Crippen LogP contribution in [0.3, 0.4) is 0 Å². The Morgan fingerprint density at radius 3 is 2.66 bits per heavy atom. The van der Waals surface area contributed by atoms with E-state index in [-0.39, 0.29) is 18.8 Å². The SMILES string of the molecule is CCS(=O)(=O)NCc1nnc2n1-c1ccc(Cl)cc1C(c1ccccc1Cl)=NC2. The van der Waals surface area contributed by atoms with Crippen molar-refractivity contribution < 1.29 is 8.42 Å². The molecule has 0 fully saturated rings. The topological polar surface area (TPSA) is 89.2 Å². The van der Waals surface area contributed by atoms with Crippen molar-refractivity contribution >= 4 is 38.9 Å². The summed E-state index contributed by atoms with van der Waals surface area (Å²) < 4.78 is 28.1. The van der Waals surface area contributed by atoms with Gasteiger partial charge in [-0.1, -0.05) is 41.4 Å². The van der Waals surface area contributed by atoms with Crippen LogP contribution in [0.15, 0.2) is 47.5 Å². The van der Waals surface area contributed by atoms with E-state index in [1.54, 1.807) is 19.1 Å². The molecular formula is C19H17Cl2N5O2S. The van der Waals surface area contributed by atoms with Crippen molar-refractivity contribution in [1.82, 2.24) is 19.5 Å². The van der Waals surface area contributed by atoms with Gasteiger partial charge in [0.05, 0.1) is 23.7 Å². The van der Waals surface area contributed by atoms with Crippen LogP contribution in [0.5, 0.6) is 0 Å². The summed E-state index contributed by atoms with van der Waals surface area (Å²) in [5, 5.41) is 9.52. The monoisotopic (exact) mass is 449 g/mol. The van der Waals surface area contributed by atoms with Crippen molar-refractivity contribution in [2.24, 2.45) is 4.99 Å². The van der Waals surface area contributed by atoms with Crippen molar-refractivity contribution in [2.45, 2.75) is 20.0 Å². The van der Waals surface area contributed by atoms with Crippen molar-refractivity contribution in [1.29, 1.82) is 0 Å². The van der Waals surface area contributed by atoms with Gasteiger partial charge >= 0.3 is 0 Å². The van der Waals surface area contributed by atoms with Crippen LogP contribution in [0.2, 0.25) is 10.0 Å². The third-order valence-corrected chi connectivity index (χ3v) is 6.50. The second kappa shape index (κ2) is 7.87. The molecule has 0 spiro atoms. The zero-order valence-electron chi connectivity index (χ0n) is 15.4. The van der Waals surface area contributed by atoms with E-state index in [2.05, 4.69) is 14.9 Å². The average Bonchev–Trinajstić information content (AvgIpc) is 3.04. The van der Waals surface area contributed by atoms with Gasteiger partial charge in [0.2, 0.25) is 10.0 Å². The molecule has 0 atom stereocenters. The molecule has 1 N–H and O–H groups in total. The number of aromatic nitrogens is 3. The summed E-state index contributed by atoms with van der Waals surface area (Å²) in [6.45, 7) is 1.86. The molecule has 29 heavy (non-hydrogen) atoms. The first-order valence-corrected chi connectivity index (χ1v) is 11.3. The quantitative estimate of drug-likeness (QED) is 0.646. The van der Waals surface area contributed by atoms with Crippen molar-refractivity contribution in [3.05, 3.63) is 75.3 Å². The number of aliphatic imine (C=N–C) groups is 1. The molecule has 7 nitrogen and oxygen atoms in total. The Morgan fingerprint density at radius 2 is 1.90 bits per heavy atom. The molecule has 0 saturated heterocycles. The molecule has 0 radical (unpaired) electrons. The van der Waals surface area contributed by atoms with Gasteiger partial charge in [0.25, 0.3) is 0 Å². The summed E-state index contributed by atoms with van der Waals surface area (Å²) in [4.78, 5) is 4.73. The fourth-order valence-electron chi connectivity index (χ4n) is 3.14. The van der Waals surface area contributed by atoms with Crippen molar-refractivity contribution in [3.8, 4) is 5.69 Å². The maximum Gasteiger partial charge on any atom is 0.211 e. The first-order valence-electron chi connectivity index (χ1n) is 8.90. The van der Waals surface area contributed by atoms with Gasteiger partial charge in [0.1, 0.15) is 6.54 Å². The summed E-state index contributed by atoms with van der Waals surface area (Å²) in [5.41, 5.74) is 3.00. The van der Waals surface area contributed by atoms with Gasteiger partial charge in [0, 0.05) is 21.2 Å². The van der Waals surface area contributed by atoms with Crippen LogP contribution < -0.4 is 4.72 Å². The third-order valence-electron chi connectivity index (χ3n) is 4.59. The molecule has 0 unspecified atom stereocenters. The minimum atomic E-state index is -3.37. The highest BCUT2D eigenvalue weighted by molar-refractivity contribution is 7.89. The number of fused-ring (bicyclic) bond motifs is 3. The van der Waals surface area contributed by atoms with E-state index >= 15 is 0 Å². The summed E-state index contributed by atoms with van der Waals surface area (Å²) in [6, 6.07) is 12.9. The van der Waals surface area contributed by atoms with Crippen molar-refractivity contribution in [3.63, 3.8) is 0 Å². The number of hydrogen-bond acceptors (Lipinski definition) is 5. The lowest BCUT2D eigenvalue weighted by Gasteiger charge is -2.15. The third kappa shape index (κ3) is 3.93. The second-order valence-electron chi connectivity index (χ2n) is 6.40. The van der Waals surface area contributed by atoms with Gasteiger partial charge in [-0.05, 0) is 31.2 Å². The van der Waals surface area contributed by atoms with Gasteiger partial charge in [-0.2, -0.15) is 0 Å². The fourth-order valence-corrected chi connectivity index (χ4v) is 4.09. The maximum absolute atomic E-state index is 11.9. The zero-order valence-corrected chi connectivity index (χ0v) is 17.8. The lowest BCUT2D eigenvalue weighted by atomic mass is 10.0. The highest BCUT2D eigenvalue weighted by Crippen LogP contribution is 2.30. The Hall–Kier alpha value is -2.26. The molecule has 150 valence electrons. The molecule has 0 saturated carbocycles. The number of nitrogens with one attached hydrogen (secondary N) is 1. The molecule has 1 aliphatic heterocycles. The van der Waals surface area contributed by atoms with Crippen LogP contribution in [0.25, 0.3) is 5.69 Å². The van der Waals surface area contributed by atoms with E-state index in [9.17, 15) is 8.42 Å². The standard InChI is InChI=1S/C19H17Cl2N5O2S/c1-2-29(27,28)23-11-18-25-24-17-10-22-19(13-5-3-4-6-15(13)21)14-9-12(20)7-8-16(14)26(17)18/h3-9,23H,2,10-11H2,1H3. The van der Waals surface area contributed by atoms with Gasteiger partial charge in [0.15, 0.2) is 11.6 Å². The van der Waals surface area contributed by atoms with Crippen LogP contribution >= 0.6 is 23.2 Å². The van der Waals surface area contributed by atoms with Gasteiger partial charge in [-0.15, -0.1) is 10.2 Å². The number of benzene rings is 2. The highest BCUT2D eigenvalue weighted by atomic mass is 35.5. The molecule has 0 amide bonds. The van der Waals surface area contributed by atoms with Crippen LogP contribution in [0.4, 0.5) is 0 Å². The molecule has 2 heterocycles. The van der Waals surface area contributed by atoms with E-state index in [0.29, 0.717) is 27.4 Å². The van der Waals surface area contributed by atoms with Gasteiger partial charge in [-0.3, -0.25) is 9.56 Å². The number of sulfonamides is 1. The smallest absolute Gasteiger partial charge is 0.211 e. The average molecular weight is 450 g/mol. The molecule has 0 bridgehead atoms. The lowest BCUT2D eigenvalue weighted by molar-refractivity contribution is 0.579. The van der Waals surface area contributed by atoms with E-state index in [1.165, 1.54) is 0 Å². The Balaban J connectivity index is 1.85. The Bertz CT molecular complexity index is 1220. The van der Waals surface area contributed by atoms with E-state index in [4.69, 9.17) is 28.2 Å². The second-order valence-corrected chi connectivity index (χ2v) is 9.34. The Morgan fingerprint density at radius 1 is 1.10 bits per heavy atom. The molecule has 10 heteroatoms. The molecule has 1 aromatic heterocycles.